The van der Waals surface area contributed by atoms with Crippen molar-refractivity contribution in [3.63, 3.8) is 0 Å². The lowest BCUT2D eigenvalue weighted by Gasteiger charge is -2.28. The summed E-state index contributed by atoms with van der Waals surface area (Å²) in [6.07, 6.45) is 8.10. The standard InChI is InChI=1S/C36H30O4/c1-22-14-16-25(17-15-22)29-20-27(24-10-6-4-7-11-24)19-28(29)21-31-35(37)34-30(40-31)18-23(2)32(36(38)39-3)33(34)26-12-8-5-9-13-26/h4-21,27,33-34H,1-3H3/b31-21-. The van der Waals surface area contributed by atoms with E-state index in [9.17, 15) is 9.59 Å². The summed E-state index contributed by atoms with van der Waals surface area (Å²) in [5.74, 6) is -0.765. The van der Waals surface area contributed by atoms with Crippen molar-refractivity contribution in [1.29, 1.82) is 0 Å². The number of ketones is 1. The molecule has 3 aliphatic rings. The van der Waals surface area contributed by atoms with Crippen LogP contribution in [0.1, 0.15) is 41.0 Å². The highest BCUT2D eigenvalue weighted by atomic mass is 16.5. The maximum Gasteiger partial charge on any atom is 0.334 e. The highest BCUT2D eigenvalue weighted by Gasteiger charge is 2.48. The zero-order valence-corrected chi connectivity index (χ0v) is 22.8. The molecule has 1 aliphatic heterocycles. The zero-order valence-electron chi connectivity index (χ0n) is 22.8. The number of methoxy groups -OCH3 is 1. The average Bonchev–Trinajstić information content (AvgIpc) is 3.54. The van der Waals surface area contributed by atoms with Gasteiger partial charge in [0.15, 0.2) is 5.76 Å². The lowest BCUT2D eigenvalue weighted by molar-refractivity contribution is -0.136. The number of carbonyl (C=O) groups excluding carboxylic acids is 2. The molecule has 0 amide bonds. The molecule has 3 unspecified atom stereocenters. The minimum absolute atomic E-state index is 0.0780. The van der Waals surface area contributed by atoms with Crippen LogP contribution in [0.2, 0.25) is 0 Å². The molecule has 3 aromatic carbocycles. The van der Waals surface area contributed by atoms with Gasteiger partial charge in [-0.3, -0.25) is 4.79 Å². The van der Waals surface area contributed by atoms with Gasteiger partial charge < -0.3 is 9.47 Å². The fraction of sp³-hybridized carbons (Fsp3) is 0.167. The van der Waals surface area contributed by atoms with E-state index >= 15 is 0 Å². The molecular weight excluding hydrogens is 496 g/mol. The summed E-state index contributed by atoms with van der Waals surface area (Å²) in [5, 5.41) is 0. The van der Waals surface area contributed by atoms with Gasteiger partial charge in [0.1, 0.15) is 5.76 Å². The largest absolute Gasteiger partial charge is 0.466 e. The van der Waals surface area contributed by atoms with Crippen LogP contribution in [0.25, 0.3) is 5.57 Å². The highest BCUT2D eigenvalue weighted by molar-refractivity contribution is 6.05. The SMILES string of the molecule is COC(=O)C1=C(C)C=C2O/C(=C\C3=CC(c4ccccc4)C=C3c3ccc(C)cc3)C(=O)C2C1c1ccccc1. The smallest absolute Gasteiger partial charge is 0.334 e. The third-order valence-electron chi connectivity index (χ3n) is 7.90. The Morgan fingerprint density at radius 1 is 0.825 bits per heavy atom. The summed E-state index contributed by atoms with van der Waals surface area (Å²) in [4.78, 5) is 27.0. The van der Waals surface area contributed by atoms with Crippen molar-refractivity contribution in [3.05, 3.63) is 160 Å². The van der Waals surface area contributed by atoms with Gasteiger partial charge in [-0.05, 0) is 59.4 Å². The fourth-order valence-corrected chi connectivity index (χ4v) is 5.92. The summed E-state index contributed by atoms with van der Waals surface area (Å²) in [7, 11) is 1.37. The van der Waals surface area contributed by atoms with Crippen LogP contribution in [-0.2, 0) is 19.1 Å². The monoisotopic (exact) mass is 526 g/mol. The van der Waals surface area contributed by atoms with Crippen molar-refractivity contribution >= 4 is 17.3 Å². The second-order valence-electron chi connectivity index (χ2n) is 10.5. The molecule has 4 nitrogen and oxygen atoms in total. The number of allylic oxidation sites excluding steroid dienone is 9. The van der Waals surface area contributed by atoms with Crippen LogP contribution in [0.4, 0.5) is 0 Å². The number of aryl methyl sites for hydroxylation is 1. The zero-order chi connectivity index (χ0) is 27.8. The summed E-state index contributed by atoms with van der Waals surface area (Å²) in [6, 6.07) is 28.4. The molecule has 0 radical (unpaired) electrons. The number of carbonyl (C=O) groups is 2. The minimum Gasteiger partial charge on any atom is -0.466 e. The van der Waals surface area contributed by atoms with Gasteiger partial charge in [0.2, 0.25) is 5.78 Å². The van der Waals surface area contributed by atoms with Crippen LogP contribution in [0.3, 0.4) is 0 Å². The topological polar surface area (TPSA) is 52.6 Å². The van der Waals surface area contributed by atoms with E-state index in [1.165, 1.54) is 18.2 Å². The number of ether oxygens (including phenoxy) is 2. The van der Waals surface area contributed by atoms with Gasteiger partial charge in [-0.15, -0.1) is 0 Å². The highest BCUT2D eigenvalue weighted by Crippen LogP contribution is 2.49. The van der Waals surface area contributed by atoms with E-state index in [0.29, 0.717) is 11.3 Å². The van der Waals surface area contributed by atoms with Gasteiger partial charge in [0.05, 0.1) is 13.0 Å². The molecule has 2 aliphatic carbocycles. The molecule has 3 aromatic rings. The predicted octanol–water partition coefficient (Wildman–Crippen LogP) is 7.37. The normalized spacial score (nSPS) is 22.9. The Morgan fingerprint density at radius 2 is 1.48 bits per heavy atom. The number of fused-ring (bicyclic) bond motifs is 1. The minimum atomic E-state index is -0.634. The van der Waals surface area contributed by atoms with Crippen molar-refractivity contribution in [1.82, 2.24) is 0 Å². The van der Waals surface area contributed by atoms with Crippen LogP contribution in [0.5, 0.6) is 0 Å². The molecule has 1 fully saturated rings. The molecule has 0 N–H and O–H groups in total. The average molecular weight is 527 g/mol. The number of rotatable bonds is 5. The Balaban J connectivity index is 1.42. The molecule has 0 saturated carbocycles. The summed E-state index contributed by atoms with van der Waals surface area (Å²) >= 11 is 0. The van der Waals surface area contributed by atoms with E-state index in [2.05, 4.69) is 55.5 Å². The first-order chi connectivity index (χ1) is 19.4. The van der Waals surface area contributed by atoms with Crippen molar-refractivity contribution in [2.75, 3.05) is 7.11 Å². The third kappa shape index (κ3) is 4.56. The van der Waals surface area contributed by atoms with Gasteiger partial charge in [-0.1, -0.05) is 103 Å². The quantitative estimate of drug-likeness (QED) is 0.257. The number of esters is 1. The summed E-state index contributed by atoms with van der Waals surface area (Å²) in [5.41, 5.74) is 7.56. The van der Waals surface area contributed by atoms with E-state index in [-0.39, 0.29) is 17.5 Å². The first-order valence-electron chi connectivity index (χ1n) is 13.5. The molecular formula is C36H30O4. The van der Waals surface area contributed by atoms with Crippen molar-refractivity contribution in [2.45, 2.75) is 25.7 Å². The first-order valence-corrected chi connectivity index (χ1v) is 13.5. The molecule has 0 aromatic heterocycles. The second kappa shape index (κ2) is 10.5. The molecule has 198 valence electrons. The molecule has 3 atom stereocenters. The van der Waals surface area contributed by atoms with Crippen molar-refractivity contribution in [2.24, 2.45) is 5.92 Å². The first kappa shape index (κ1) is 25.6. The fourth-order valence-electron chi connectivity index (χ4n) is 5.92. The van der Waals surface area contributed by atoms with E-state index < -0.39 is 17.8 Å². The van der Waals surface area contributed by atoms with Gasteiger partial charge in [-0.2, -0.15) is 0 Å². The lowest BCUT2D eigenvalue weighted by Crippen LogP contribution is -2.28. The van der Waals surface area contributed by atoms with Crippen LogP contribution >= 0.6 is 0 Å². The van der Waals surface area contributed by atoms with Gasteiger partial charge in [0.25, 0.3) is 0 Å². The summed E-state index contributed by atoms with van der Waals surface area (Å²) < 4.78 is 11.4. The van der Waals surface area contributed by atoms with Crippen molar-refractivity contribution < 1.29 is 19.1 Å². The van der Waals surface area contributed by atoms with Gasteiger partial charge in [-0.25, -0.2) is 4.79 Å². The maximum atomic E-state index is 14.1. The molecule has 1 saturated heterocycles. The third-order valence-corrected chi connectivity index (χ3v) is 7.90. The molecule has 40 heavy (non-hydrogen) atoms. The van der Waals surface area contributed by atoms with Crippen LogP contribution in [0, 0.1) is 12.8 Å². The number of benzene rings is 3. The summed E-state index contributed by atoms with van der Waals surface area (Å²) in [6.45, 7) is 3.93. The van der Waals surface area contributed by atoms with Crippen LogP contribution in [-0.4, -0.2) is 18.9 Å². The maximum absolute atomic E-state index is 14.1. The molecule has 4 heteroatoms. The lowest BCUT2D eigenvalue weighted by atomic mass is 9.73. The number of Topliss-reactive ketones (excluding diaryl/α,β-unsaturated/α-hetero) is 1. The van der Waals surface area contributed by atoms with Crippen LogP contribution in [0.15, 0.2) is 137 Å². The molecule has 0 bridgehead atoms. The molecule has 6 rings (SSSR count). The van der Waals surface area contributed by atoms with Crippen LogP contribution < -0.4 is 0 Å². The number of hydrogen-bond donors (Lipinski definition) is 0. The van der Waals surface area contributed by atoms with E-state index in [1.807, 2.05) is 67.6 Å². The Morgan fingerprint density at radius 3 is 2.12 bits per heavy atom. The Labute approximate surface area is 234 Å². The van der Waals surface area contributed by atoms with E-state index in [0.717, 1.165) is 27.8 Å². The Bertz CT molecular complexity index is 1630. The van der Waals surface area contributed by atoms with Gasteiger partial charge in [0, 0.05) is 17.4 Å². The Kier molecular flexibility index (Phi) is 6.69. The molecule has 0 spiro atoms. The number of hydrogen-bond acceptors (Lipinski definition) is 4. The van der Waals surface area contributed by atoms with E-state index in [1.54, 1.807) is 0 Å². The predicted molar refractivity (Wildman–Crippen MR) is 156 cm³/mol. The van der Waals surface area contributed by atoms with Gasteiger partial charge >= 0.3 is 5.97 Å². The molecule has 1 heterocycles. The second-order valence-corrected chi connectivity index (χ2v) is 10.5. The van der Waals surface area contributed by atoms with E-state index in [4.69, 9.17) is 9.47 Å². The Hall–Kier alpha value is -4.70. The van der Waals surface area contributed by atoms with Crippen molar-refractivity contribution in [3.8, 4) is 0 Å².